The third-order valence-electron chi connectivity index (χ3n) is 4.35. The smallest absolute Gasteiger partial charge is 0.323 e. The predicted molar refractivity (Wildman–Crippen MR) is 110 cm³/mol. The Labute approximate surface area is 170 Å². The first-order chi connectivity index (χ1) is 12.9. The second kappa shape index (κ2) is 8.39. The number of nitrogens with zero attached hydrogens (tertiary/aromatic N) is 2. The molecule has 4 amide bonds. The Morgan fingerprint density at radius 3 is 2.67 bits per heavy atom. The second-order valence-electron chi connectivity index (χ2n) is 6.84. The van der Waals surface area contributed by atoms with Crippen molar-refractivity contribution in [3.8, 4) is 0 Å². The van der Waals surface area contributed by atoms with Crippen LogP contribution in [0.4, 0.5) is 10.5 Å². The van der Waals surface area contributed by atoms with Gasteiger partial charge in [0.15, 0.2) is 11.8 Å². The van der Waals surface area contributed by atoms with E-state index in [1.165, 1.54) is 21.2 Å². The number of fused-ring (bicyclic) bond motifs is 1. The maximum absolute atomic E-state index is 12.9. The molecule has 27 heavy (non-hydrogen) atoms. The highest BCUT2D eigenvalue weighted by Crippen LogP contribution is 2.28. The van der Waals surface area contributed by atoms with Gasteiger partial charge >= 0.3 is 11.9 Å². The van der Waals surface area contributed by atoms with Gasteiger partial charge in [0.25, 0.3) is 5.91 Å². The summed E-state index contributed by atoms with van der Waals surface area (Å²) in [6, 6.07) is 6.79. The quantitative estimate of drug-likeness (QED) is 0.673. The molecule has 0 fully saturated rings. The number of hydrogen-bond acceptors (Lipinski definition) is 4. The molecule has 0 radical (unpaired) electrons. The molecular formula is C19H21BrN3O3S+. The van der Waals surface area contributed by atoms with Crippen LogP contribution < -0.4 is 5.32 Å². The lowest BCUT2D eigenvalue weighted by atomic mass is 10.1. The van der Waals surface area contributed by atoms with E-state index >= 15 is 0 Å². The van der Waals surface area contributed by atoms with Crippen molar-refractivity contribution in [2.75, 3.05) is 18.4 Å². The molecule has 2 heterocycles. The van der Waals surface area contributed by atoms with Gasteiger partial charge in [0.2, 0.25) is 0 Å². The lowest BCUT2D eigenvalue weighted by Crippen LogP contribution is -2.56. The SMILES string of the molecule is CC(C)CCN1C(=O)C2SC=CC2=[N+](CC(=O)Nc2ccc(Br)cc2)C1=O. The zero-order chi connectivity index (χ0) is 19.6. The number of urea groups is 1. The monoisotopic (exact) mass is 450 g/mol. The summed E-state index contributed by atoms with van der Waals surface area (Å²) in [7, 11) is 0. The number of nitrogens with one attached hydrogen (secondary N) is 1. The lowest BCUT2D eigenvalue weighted by molar-refractivity contribution is -0.425. The molecule has 0 saturated heterocycles. The maximum Gasteiger partial charge on any atom is 0.501 e. The number of hydrogen-bond donors (Lipinski definition) is 1. The van der Waals surface area contributed by atoms with Crippen molar-refractivity contribution >= 4 is 56.9 Å². The van der Waals surface area contributed by atoms with Crippen molar-refractivity contribution in [1.29, 1.82) is 0 Å². The highest BCUT2D eigenvalue weighted by atomic mass is 79.9. The standard InChI is InChI=1S/C19H20BrN3O3S/c1-12(2)7-9-22-18(25)17-15(8-10-27-17)23(19(22)26)11-16(24)21-14-5-3-13(20)4-6-14/h3-6,8,10,12,17H,7,9,11H2,1-2H3/p+1. The highest BCUT2D eigenvalue weighted by Gasteiger charge is 2.49. The largest absolute Gasteiger partial charge is 0.501 e. The van der Waals surface area contributed by atoms with Crippen LogP contribution in [0.25, 0.3) is 0 Å². The summed E-state index contributed by atoms with van der Waals surface area (Å²) in [5, 5.41) is 4.15. The number of thioether (sulfide) groups is 1. The fourth-order valence-corrected chi connectivity index (χ4v) is 4.11. The predicted octanol–water partition coefficient (Wildman–Crippen LogP) is 3.48. The van der Waals surface area contributed by atoms with E-state index in [-0.39, 0.29) is 18.4 Å². The van der Waals surface area contributed by atoms with Gasteiger partial charge in [-0.05, 0) is 48.1 Å². The van der Waals surface area contributed by atoms with Crippen LogP contribution in [0.1, 0.15) is 20.3 Å². The van der Waals surface area contributed by atoms with E-state index in [0.717, 1.165) is 10.9 Å². The highest BCUT2D eigenvalue weighted by molar-refractivity contribution is 9.10. The van der Waals surface area contributed by atoms with Crippen LogP contribution in [0.15, 0.2) is 40.2 Å². The van der Waals surface area contributed by atoms with Gasteiger partial charge in [-0.3, -0.25) is 4.79 Å². The minimum atomic E-state index is -0.449. The van der Waals surface area contributed by atoms with Crippen molar-refractivity contribution in [3.63, 3.8) is 0 Å². The molecule has 2 aliphatic rings. The van der Waals surface area contributed by atoms with Gasteiger partial charge in [-0.2, -0.15) is 14.3 Å². The Balaban J connectivity index is 1.78. The van der Waals surface area contributed by atoms with Crippen LogP contribution >= 0.6 is 27.7 Å². The summed E-state index contributed by atoms with van der Waals surface area (Å²) < 4.78 is 2.33. The molecule has 1 unspecified atom stereocenters. The van der Waals surface area contributed by atoms with Crippen LogP contribution in [0.3, 0.4) is 0 Å². The van der Waals surface area contributed by atoms with Crippen molar-refractivity contribution in [3.05, 3.63) is 40.2 Å². The van der Waals surface area contributed by atoms with Gasteiger partial charge in [-0.15, -0.1) is 11.8 Å². The second-order valence-corrected chi connectivity index (χ2v) is 8.77. The molecule has 0 saturated carbocycles. The number of benzene rings is 1. The molecule has 0 spiro atoms. The summed E-state index contributed by atoms with van der Waals surface area (Å²) in [6.45, 7) is 4.33. The van der Waals surface area contributed by atoms with Crippen LogP contribution in [0.5, 0.6) is 0 Å². The minimum absolute atomic E-state index is 0.128. The van der Waals surface area contributed by atoms with E-state index in [9.17, 15) is 14.4 Å². The summed E-state index contributed by atoms with van der Waals surface area (Å²) in [4.78, 5) is 39.3. The summed E-state index contributed by atoms with van der Waals surface area (Å²) in [5.41, 5.74) is 1.24. The first-order valence-corrected chi connectivity index (χ1v) is 10.5. The van der Waals surface area contributed by atoms with Crippen molar-refractivity contribution < 1.29 is 19.0 Å². The van der Waals surface area contributed by atoms with Crippen LogP contribution in [0.2, 0.25) is 0 Å². The van der Waals surface area contributed by atoms with E-state index in [4.69, 9.17) is 0 Å². The fraction of sp³-hybridized carbons (Fsp3) is 0.368. The molecule has 0 aliphatic carbocycles. The van der Waals surface area contributed by atoms with Gasteiger partial charge in [0, 0.05) is 10.2 Å². The third-order valence-corrected chi connectivity index (χ3v) is 5.88. The van der Waals surface area contributed by atoms with Gasteiger partial charge in [-0.1, -0.05) is 29.8 Å². The van der Waals surface area contributed by atoms with Crippen molar-refractivity contribution in [2.24, 2.45) is 5.92 Å². The first-order valence-electron chi connectivity index (χ1n) is 8.74. The number of anilines is 1. The fourth-order valence-electron chi connectivity index (χ4n) is 2.88. The van der Waals surface area contributed by atoms with Gasteiger partial charge in [0.1, 0.15) is 5.71 Å². The molecule has 142 valence electrons. The number of rotatable bonds is 6. The topological polar surface area (TPSA) is 69.5 Å². The Morgan fingerprint density at radius 1 is 1.30 bits per heavy atom. The molecule has 0 bridgehead atoms. The van der Waals surface area contributed by atoms with E-state index in [1.807, 2.05) is 26.0 Å². The van der Waals surface area contributed by atoms with Crippen molar-refractivity contribution in [1.82, 2.24) is 4.90 Å². The van der Waals surface area contributed by atoms with Gasteiger partial charge in [-0.25, -0.2) is 4.79 Å². The van der Waals surface area contributed by atoms with Gasteiger partial charge < -0.3 is 5.32 Å². The number of halogens is 1. The number of carbonyl (C=O) groups is 3. The molecule has 3 rings (SSSR count). The number of amides is 4. The van der Waals surface area contributed by atoms with Crippen LogP contribution in [0, 0.1) is 5.92 Å². The number of carbonyl (C=O) groups excluding carboxylic acids is 3. The average molecular weight is 451 g/mol. The maximum atomic E-state index is 12.9. The molecule has 8 heteroatoms. The van der Waals surface area contributed by atoms with Crippen LogP contribution in [-0.4, -0.2) is 51.4 Å². The Kier molecular flexibility index (Phi) is 6.16. The number of imide groups is 1. The molecule has 1 atom stereocenters. The van der Waals surface area contributed by atoms with Crippen LogP contribution in [-0.2, 0) is 9.59 Å². The summed E-state index contributed by atoms with van der Waals surface area (Å²) in [6.07, 6.45) is 2.48. The van der Waals surface area contributed by atoms with E-state index in [2.05, 4.69) is 21.2 Å². The molecule has 1 N–H and O–H groups in total. The Hall–Kier alpha value is -1.93. The summed E-state index contributed by atoms with van der Waals surface area (Å²) >= 11 is 4.72. The van der Waals surface area contributed by atoms with E-state index < -0.39 is 11.3 Å². The normalized spacial score (nSPS) is 19.1. The molecule has 2 aliphatic heterocycles. The van der Waals surface area contributed by atoms with E-state index in [0.29, 0.717) is 23.9 Å². The molecule has 1 aromatic rings. The van der Waals surface area contributed by atoms with Crippen molar-refractivity contribution in [2.45, 2.75) is 25.5 Å². The molecular weight excluding hydrogens is 430 g/mol. The molecule has 0 aromatic heterocycles. The minimum Gasteiger partial charge on any atom is -0.323 e. The third kappa shape index (κ3) is 4.50. The zero-order valence-electron chi connectivity index (χ0n) is 15.1. The molecule has 6 nitrogen and oxygen atoms in total. The Bertz CT molecular complexity index is 833. The average Bonchev–Trinajstić information content (AvgIpc) is 3.10. The lowest BCUT2D eigenvalue weighted by Gasteiger charge is -2.24. The molecule has 1 aromatic carbocycles. The zero-order valence-corrected chi connectivity index (χ0v) is 17.5. The summed E-state index contributed by atoms with van der Waals surface area (Å²) in [5.74, 6) is -0.130. The number of allylic oxidation sites excluding steroid dienone is 1. The Morgan fingerprint density at radius 2 is 2.00 bits per heavy atom. The van der Waals surface area contributed by atoms with E-state index in [1.54, 1.807) is 23.6 Å². The first kappa shape index (κ1) is 19.8. The van der Waals surface area contributed by atoms with Gasteiger partial charge in [0.05, 0.1) is 6.54 Å².